The fraction of sp³-hybridized carbons (Fsp3) is 0.545. The molecule has 1 heterocycles. The zero-order valence-corrected chi connectivity index (χ0v) is 12.1. The monoisotopic (exact) mass is 325 g/mol. The number of hydrogen-bond acceptors (Lipinski definition) is 4. The number of nitrogens with zero attached hydrogens (tertiary/aromatic N) is 2. The van der Waals surface area contributed by atoms with Crippen molar-refractivity contribution in [3.8, 4) is 0 Å². The van der Waals surface area contributed by atoms with Gasteiger partial charge in [-0.3, -0.25) is 0 Å². The van der Waals surface area contributed by atoms with Crippen molar-refractivity contribution < 1.29 is 27.9 Å². The summed E-state index contributed by atoms with van der Waals surface area (Å²) in [4.78, 5) is 27.4. The third kappa shape index (κ3) is 5.58. The number of carbonyl (C=O) groups is 2. The Balaban J connectivity index is 2.49. The Labute approximate surface area is 122 Å². The number of aromatic nitrogens is 1. The Hall–Kier alpha value is -1.84. The lowest BCUT2D eigenvalue weighted by atomic mass is 10.4. The molecular weight excluding hydrogens is 311 g/mol. The zero-order chi connectivity index (χ0) is 16.2. The second-order valence-electron chi connectivity index (χ2n) is 4.27. The molecule has 0 radical (unpaired) electrons. The summed E-state index contributed by atoms with van der Waals surface area (Å²) in [7, 11) is 1.25. The van der Waals surface area contributed by atoms with Crippen molar-refractivity contribution in [2.75, 3.05) is 13.6 Å². The molecule has 0 saturated heterocycles. The topological polar surface area (TPSA) is 82.5 Å². The predicted molar refractivity (Wildman–Crippen MR) is 69.3 cm³/mol. The molecule has 0 saturated carbocycles. The molecule has 1 rings (SSSR count). The Morgan fingerprint density at radius 3 is 2.52 bits per heavy atom. The summed E-state index contributed by atoms with van der Waals surface area (Å²) >= 11 is 0.915. The van der Waals surface area contributed by atoms with Gasteiger partial charge in [-0.1, -0.05) is 0 Å². The van der Waals surface area contributed by atoms with Gasteiger partial charge in [-0.2, -0.15) is 13.2 Å². The lowest BCUT2D eigenvalue weighted by molar-refractivity contribution is -0.136. The molecular formula is C11H14F3N3O3S. The van der Waals surface area contributed by atoms with Gasteiger partial charge >= 0.3 is 18.2 Å². The summed E-state index contributed by atoms with van der Waals surface area (Å²) in [5, 5.41) is 11.6. The maximum Gasteiger partial charge on any atom is 0.390 e. The van der Waals surface area contributed by atoms with Crippen LogP contribution in [0.15, 0.2) is 0 Å². The minimum absolute atomic E-state index is 0.0338. The van der Waals surface area contributed by atoms with Crippen LogP contribution in [-0.2, 0) is 6.54 Å². The number of amides is 2. The van der Waals surface area contributed by atoms with Gasteiger partial charge in [0.25, 0.3) is 0 Å². The molecule has 1 aromatic rings. The number of thiazole rings is 1. The van der Waals surface area contributed by atoms with Crippen molar-refractivity contribution in [2.24, 2.45) is 0 Å². The van der Waals surface area contributed by atoms with Gasteiger partial charge in [-0.05, 0) is 6.92 Å². The van der Waals surface area contributed by atoms with Gasteiger partial charge in [-0.15, -0.1) is 11.3 Å². The lowest BCUT2D eigenvalue weighted by Gasteiger charge is -2.18. The normalized spacial score (nSPS) is 11.3. The smallest absolute Gasteiger partial charge is 0.390 e. The first kappa shape index (κ1) is 17.2. The first-order valence-electron chi connectivity index (χ1n) is 5.85. The first-order valence-corrected chi connectivity index (χ1v) is 6.67. The highest BCUT2D eigenvalue weighted by molar-refractivity contribution is 7.13. The Bertz CT molecular complexity index is 531. The predicted octanol–water partition coefficient (Wildman–Crippen LogP) is 2.24. The van der Waals surface area contributed by atoms with E-state index in [0.29, 0.717) is 10.7 Å². The highest BCUT2D eigenvalue weighted by Crippen LogP contribution is 2.20. The van der Waals surface area contributed by atoms with Crippen LogP contribution < -0.4 is 5.32 Å². The number of aryl methyl sites for hydroxylation is 1. The SMILES string of the molecule is Cc1nc(CNC(=O)N(C)CCC(F)(F)F)sc1C(=O)O. The molecule has 1 aromatic heterocycles. The molecule has 0 aromatic carbocycles. The van der Waals surface area contributed by atoms with Gasteiger partial charge in [0, 0.05) is 13.6 Å². The van der Waals surface area contributed by atoms with Crippen molar-refractivity contribution in [1.82, 2.24) is 15.2 Å². The van der Waals surface area contributed by atoms with Crippen LogP contribution in [0.5, 0.6) is 0 Å². The van der Waals surface area contributed by atoms with Crippen molar-refractivity contribution in [3.05, 3.63) is 15.6 Å². The highest BCUT2D eigenvalue weighted by atomic mass is 32.1. The lowest BCUT2D eigenvalue weighted by Crippen LogP contribution is -2.38. The Kier molecular flexibility index (Phi) is 5.53. The number of rotatable bonds is 5. The van der Waals surface area contributed by atoms with Gasteiger partial charge < -0.3 is 15.3 Å². The number of urea groups is 1. The van der Waals surface area contributed by atoms with E-state index < -0.39 is 31.1 Å². The van der Waals surface area contributed by atoms with Gasteiger partial charge in [-0.25, -0.2) is 14.6 Å². The van der Waals surface area contributed by atoms with E-state index in [-0.39, 0.29) is 11.4 Å². The largest absolute Gasteiger partial charge is 0.477 e. The van der Waals surface area contributed by atoms with E-state index in [1.54, 1.807) is 0 Å². The summed E-state index contributed by atoms with van der Waals surface area (Å²) in [6, 6.07) is -0.677. The molecule has 0 aliphatic heterocycles. The number of alkyl halides is 3. The number of carboxylic acid groups (broad SMARTS) is 1. The molecule has 10 heteroatoms. The number of carbonyl (C=O) groups excluding carboxylic acids is 1. The van der Waals surface area contributed by atoms with Gasteiger partial charge in [0.15, 0.2) is 0 Å². The van der Waals surface area contributed by atoms with Gasteiger partial charge in [0.05, 0.1) is 18.7 Å². The molecule has 0 aliphatic carbocycles. The summed E-state index contributed by atoms with van der Waals surface area (Å²) < 4.78 is 36.1. The van der Waals surface area contributed by atoms with Crippen LogP contribution in [0.3, 0.4) is 0 Å². The second-order valence-corrected chi connectivity index (χ2v) is 5.36. The molecule has 0 spiro atoms. The van der Waals surface area contributed by atoms with Crippen LogP contribution in [0.2, 0.25) is 0 Å². The highest BCUT2D eigenvalue weighted by Gasteiger charge is 2.28. The zero-order valence-electron chi connectivity index (χ0n) is 11.3. The average molecular weight is 325 g/mol. The minimum Gasteiger partial charge on any atom is -0.477 e. The minimum atomic E-state index is -4.32. The standard InChI is InChI=1S/C11H14F3N3O3S/c1-6-8(9(18)19)21-7(16-6)5-15-10(20)17(2)4-3-11(12,13)14/h3-5H2,1-2H3,(H,15,20)(H,18,19). The summed E-state index contributed by atoms with van der Waals surface area (Å²) in [6.45, 7) is 1.04. The molecule has 0 aliphatic rings. The number of aromatic carboxylic acids is 1. The third-order valence-corrected chi connectivity index (χ3v) is 3.65. The van der Waals surface area contributed by atoms with E-state index >= 15 is 0 Å². The van der Waals surface area contributed by atoms with E-state index in [0.717, 1.165) is 16.2 Å². The number of hydrogen-bond donors (Lipinski definition) is 2. The van der Waals surface area contributed by atoms with E-state index in [1.807, 2.05) is 0 Å². The summed E-state index contributed by atoms with van der Waals surface area (Å²) in [6.07, 6.45) is -5.41. The second kappa shape index (κ2) is 6.74. The number of halogens is 3. The summed E-state index contributed by atoms with van der Waals surface area (Å²) in [5.74, 6) is -1.11. The Morgan fingerprint density at radius 1 is 1.43 bits per heavy atom. The van der Waals surface area contributed by atoms with Crippen LogP contribution >= 0.6 is 11.3 Å². The Morgan fingerprint density at radius 2 is 2.05 bits per heavy atom. The number of nitrogens with one attached hydrogen (secondary N) is 1. The van der Waals surface area contributed by atoms with Crippen molar-refractivity contribution in [3.63, 3.8) is 0 Å². The molecule has 0 bridgehead atoms. The maximum absolute atomic E-state index is 12.0. The van der Waals surface area contributed by atoms with Crippen LogP contribution in [0.4, 0.5) is 18.0 Å². The molecule has 0 atom stereocenters. The molecule has 118 valence electrons. The summed E-state index contributed by atoms with van der Waals surface area (Å²) in [5.41, 5.74) is 0.335. The van der Waals surface area contributed by atoms with E-state index in [9.17, 15) is 22.8 Å². The molecule has 2 amide bonds. The quantitative estimate of drug-likeness (QED) is 0.870. The van der Waals surface area contributed by atoms with Crippen LogP contribution in [0, 0.1) is 6.92 Å². The number of carboxylic acids is 1. The van der Waals surface area contributed by atoms with Gasteiger partial charge in [0.2, 0.25) is 0 Å². The van der Waals surface area contributed by atoms with Crippen molar-refractivity contribution in [1.29, 1.82) is 0 Å². The fourth-order valence-corrected chi connectivity index (χ4v) is 2.25. The molecule has 21 heavy (non-hydrogen) atoms. The van der Waals surface area contributed by atoms with Crippen LogP contribution in [0.25, 0.3) is 0 Å². The van der Waals surface area contributed by atoms with Gasteiger partial charge in [0.1, 0.15) is 9.88 Å². The maximum atomic E-state index is 12.0. The average Bonchev–Trinajstić information content (AvgIpc) is 2.73. The molecule has 2 N–H and O–H groups in total. The van der Waals surface area contributed by atoms with Crippen molar-refractivity contribution >= 4 is 23.3 Å². The molecule has 0 unspecified atom stereocenters. The fourth-order valence-electron chi connectivity index (χ4n) is 1.41. The van der Waals surface area contributed by atoms with Crippen molar-refractivity contribution in [2.45, 2.75) is 26.1 Å². The third-order valence-electron chi connectivity index (χ3n) is 2.50. The van der Waals surface area contributed by atoms with Crippen LogP contribution in [0.1, 0.15) is 26.8 Å². The van der Waals surface area contributed by atoms with E-state index in [2.05, 4.69) is 10.3 Å². The first-order chi connectivity index (χ1) is 9.60. The van der Waals surface area contributed by atoms with E-state index in [1.165, 1.54) is 14.0 Å². The molecule has 0 fully saturated rings. The molecule has 6 nitrogen and oxygen atoms in total. The van der Waals surface area contributed by atoms with Crippen LogP contribution in [-0.4, -0.2) is 46.8 Å². The van der Waals surface area contributed by atoms with E-state index in [4.69, 9.17) is 5.11 Å².